The van der Waals surface area contributed by atoms with Gasteiger partial charge in [0.2, 0.25) is 15.9 Å². The highest BCUT2D eigenvalue weighted by molar-refractivity contribution is 7.89. The molecule has 0 N–H and O–H groups in total. The Morgan fingerprint density at radius 3 is 2.23 bits per heavy atom. The third-order valence-corrected chi connectivity index (χ3v) is 10.2. The van der Waals surface area contributed by atoms with E-state index in [4.69, 9.17) is 11.6 Å². The van der Waals surface area contributed by atoms with E-state index < -0.39 is 16.1 Å². The van der Waals surface area contributed by atoms with Crippen molar-refractivity contribution in [2.45, 2.75) is 62.3 Å². The molecule has 7 heteroatoms. The summed E-state index contributed by atoms with van der Waals surface area (Å²) in [6.07, 6.45) is 9.19. The summed E-state index contributed by atoms with van der Waals surface area (Å²) in [5, 5.41) is 0.498. The van der Waals surface area contributed by atoms with Gasteiger partial charge in [-0.2, -0.15) is 4.31 Å². The number of amides is 1. The summed E-state index contributed by atoms with van der Waals surface area (Å²) in [6.45, 7) is 1.17. The lowest BCUT2D eigenvalue weighted by atomic mass is 9.49. The first-order valence-electron chi connectivity index (χ1n) is 11.3. The molecule has 1 aromatic carbocycles. The zero-order valence-corrected chi connectivity index (χ0v) is 19.2. The number of nitrogens with zero attached hydrogens (tertiary/aromatic N) is 2. The molecule has 5 nitrogen and oxygen atoms in total. The van der Waals surface area contributed by atoms with Gasteiger partial charge in [0.05, 0.1) is 4.90 Å². The monoisotopic (exact) mass is 450 g/mol. The van der Waals surface area contributed by atoms with Crippen LogP contribution >= 0.6 is 11.6 Å². The van der Waals surface area contributed by atoms with Crippen molar-refractivity contribution in [3.05, 3.63) is 29.3 Å². The molecule has 4 aliphatic carbocycles. The van der Waals surface area contributed by atoms with Gasteiger partial charge in [0, 0.05) is 25.2 Å². The van der Waals surface area contributed by atoms with E-state index in [-0.39, 0.29) is 16.2 Å². The van der Waals surface area contributed by atoms with Crippen LogP contribution in [0.1, 0.15) is 51.4 Å². The van der Waals surface area contributed by atoms with Crippen LogP contribution in [0.4, 0.5) is 0 Å². The van der Waals surface area contributed by atoms with E-state index in [1.165, 1.54) is 55.0 Å². The molecule has 1 amide bonds. The van der Waals surface area contributed by atoms with Gasteiger partial charge in [-0.1, -0.05) is 11.6 Å². The maximum Gasteiger partial charge on any atom is 0.243 e. The first-order valence-corrected chi connectivity index (χ1v) is 13.1. The van der Waals surface area contributed by atoms with Gasteiger partial charge in [0.25, 0.3) is 0 Å². The van der Waals surface area contributed by atoms with Crippen LogP contribution in [0, 0.1) is 23.2 Å². The number of halogens is 1. The van der Waals surface area contributed by atoms with Crippen molar-refractivity contribution in [2.24, 2.45) is 23.2 Å². The van der Waals surface area contributed by atoms with E-state index in [9.17, 15) is 13.2 Å². The third-order valence-electron chi connectivity index (χ3n) is 8.02. The molecule has 5 aliphatic rings. The summed E-state index contributed by atoms with van der Waals surface area (Å²) in [5.41, 5.74) is 0.262. The second-order valence-electron chi connectivity index (χ2n) is 10.3. The van der Waals surface area contributed by atoms with Gasteiger partial charge in [-0.05, 0) is 98.8 Å². The zero-order valence-electron chi connectivity index (χ0n) is 17.6. The highest BCUT2D eigenvalue weighted by Gasteiger charge is 2.52. The average molecular weight is 451 g/mol. The molecule has 0 spiro atoms. The smallest absolute Gasteiger partial charge is 0.243 e. The number of carbonyl (C=O) groups is 1. The number of carbonyl (C=O) groups excluding carboxylic acids is 1. The van der Waals surface area contributed by atoms with Gasteiger partial charge in [0.15, 0.2) is 0 Å². The number of rotatable bonds is 5. The van der Waals surface area contributed by atoms with Gasteiger partial charge in [-0.25, -0.2) is 8.42 Å². The quantitative estimate of drug-likeness (QED) is 0.676. The summed E-state index contributed by atoms with van der Waals surface area (Å²) >= 11 is 5.92. The minimum Gasteiger partial charge on any atom is -0.344 e. The van der Waals surface area contributed by atoms with E-state index in [0.29, 0.717) is 24.4 Å². The highest BCUT2D eigenvalue weighted by atomic mass is 35.5. The molecule has 4 saturated carbocycles. The number of sulfonamides is 1. The summed E-state index contributed by atoms with van der Waals surface area (Å²) in [5.74, 6) is 2.48. The van der Waals surface area contributed by atoms with E-state index >= 15 is 0 Å². The second kappa shape index (κ2) is 7.49. The topological polar surface area (TPSA) is 57.7 Å². The molecule has 1 atom stereocenters. The van der Waals surface area contributed by atoms with Gasteiger partial charge in [-0.15, -0.1) is 0 Å². The highest BCUT2D eigenvalue weighted by Crippen LogP contribution is 2.60. The Labute approximate surface area is 184 Å². The molecule has 6 rings (SSSR count). The molecular weight excluding hydrogens is 420 g/mol. The van der Waals surface area contributed by atoms with Crippen LogP contribution in [0.25, 0.3) is 0 Å². The van der Waals surface area contributed by atoms with Crippen LogP contribution in [0.15, 0.2) is 29.2 Å². The van der Waals surface area contributed by atoms with Gasteiger partial charge in [-0.3, -0.25) is 4.79 Å². The fraction of sp³-hybridized carbons (Fsp3) is 0.696. The molecule has 1 unspecified atom stereocenters. The fourth-order valence-corrected chi connectivity index (χ4v) is 9.11. The van der Waals surface area contributed by atoms with E-state index in [0.717, 1.165) is 24.3 Å². The van der Waals surface area contributed by atoms with Crippen molar-refractivity contribution < 1.29 is 13.2 Å². The normalized spacial score (nSPS) is 35.7. The van der Waals surface area contributed by atoms with Crippen molar-refractivity contribution in [3.8, 4) is 0 Å². The van der Waals surface area contributed by atoms with E-state index in [1.807, 2.05) is 11.9 Å². The first kappa shape index (κ1) is 20.8. The lowest BCUT2D eigenvalue weighted by molar-refractivity contribution is -0.138. The first-order chi connectivity index (χ1) is 14.3. The number of likely N-dealkylation sites (N-methyl/N-ethyl adjacent to an activating group) is 1. The van der Waals surface area contributed by atoms with Crippen LogP contribution in [-0.4, -0.2) is 49.7 Å². The molecule has 5 fully saturated rings. The molecule has 1 heterocycles. The number of hydrogen-bond acceptors (Lipinski definition) is 3. The summed E-state index contributed by atoms with van der Waals surface area (Å²) in [7, 11) is -1.83. The Morgan fingerprint density at radius 2 is 1.67 bits per heavy atom. The molecule has 1 aliphatic heterocycles. The Kier molecular flexibility index (Phi) is 5.19. The Morgan fingerprint density at radius 1 is 1.10 bits per heavy atom. The van der Waals surface area contributed by atoms with Crippen molar-refractivity contribution >= 4 is 27.5 Å². The van der Waals surface area contributed by atoms with Gasteiger partial charge in [0.1, 0.15) is 6.04 Å². The molecule has 0 aromatic heterocycles. The lowest BCUT2D eigenvalue weighted by Gasteiger charge is -2.57. The van der Waals surface area contributed by atoms with Crippen LogP contribution in [0.3, 0.4) is 0 Å². The molecule has 0 radical (unpaired) electrons. The molecule has 4 bridgehead atoms. The molecular formula is C23H31ClN2O3S. The van der Waals surface area contributed by atoms with Crippen molar-refractivity contribution in [2.75, 3.05) is 20.1 Å². The SMILES string of the molecule is CN(CC12CC3CC(CC(C3)C1)C2)C(=O)C1CCCN1S(=O)(=O)c1ccc(Cl)cc1. The van der Waals surface area contributed by atoms with Crippen LogP contribution < -0.4 is 0 Å². The zero-order chi connectivity index (χ0) is 21.1. The average Bonchev–Trinajstić information content (AvgIpc) is 3.17. The Hall–Kier alpha value is -1.11. The van der Waals surface area contributed by atoms with Gasteiger partial charge >= 0.3 is 0 Å². The van der Waals surface area contributed by atoms with Crippen molar-refractivity contribution in [1.82, 2.24) is 9.21 Å². The van der Waals surface area contributed by atoms with E-state index in [1.54, 1.807) is 12.1 Å². The molecule has 1 aromatic rings. The Balaban J connectivity index is 1.32. The van der Waals surface area contributed by atoms with Crippen LogP contribution in [-0.2, 0) is 14.8 Å². The second-order valence-corrected chi connectivity index (χ2v) is 12.7. The largest absolute Gasteiger partial charge is 0.344 e. The third kappa shape index (κ3) is 3.59. The minimum atomic E-state index is -3.71. The van der Waals surface area contributed by atoms with Crippen molar-refractivity contribution in [1.29, 1.82) is 0 Å². The number of benzene rings is 1. The summed E-state index contributed by atoms with van der Waals surface area (Å²) < 4.78 is 27.8. The minimum absolute atomic E-state index is 0.0409. The maximum absolute atomic E-state index is 13.4. The van der Waals surface area contributed by atoms with Gasteiger partial charge < -0.3 is 4.90 Å². The van der Waals surface area contributed by atoms with Crippen LogP contribution in [0.5, 0.6) is 0 Å². The van der Waals surface area contributed by atoms with Crippen LogP contribution in [0.2, 0.25) is 5.02 Å². The predicted octanol–water partition coefficient (Wildman–Crippen LogP) is 4.17. The number of hydrogen-bond donors (Lipinski definition) is 0. The summed E-state index contributed by atoms with van der Waals surface area (Å²) in [6, 6.07) is 5.62. The predicted molar refractivity (Wildman–Crippen MR) is 117 cm³/mol. The molecule has 164 valence electrons. The molecule has 1 saturated heterocycles. The maximum atomic E-state index is 13.4. The standard InChI is InChI=1S/C23H31ClN2O3S/c1-25(15-23-12-16-9-17(13-23)11-18(10-16)14-23)22(27)21-3-2-8-26(21)30(28,29)20-6-4-19(24)5-7-20/h4-7,16-18,21H,2-3,8-15H2,1H3. The lowest BCUT2D eigenvalue weighted by Crippen LogP contribution is -2.54. The van der Waals surface area contributed by atoms with E-state index in [2.05, 4.69) is 0 Å². The summed E-state index contributed by atoms with van der Waals surface area (Å²) in [4.78, 5) is 15.5. The fourth-order valence-electron chi connectivity index (χ4n) is 7.34. The van der Waals surface area contributed by atoms with Crippen molar-refractivity contribution in [3.63, 3.8) is 0 Å². The molecule has 30 heavy (non-hydrogen) atoms. The Bertz CT molecular complexity index is 895.